The van der Waals surface area contributed by atoms with Crippen molar-refractivity contribution in [3.05, 3.63) is 72.3 Å². The summed E-state index contributed by atoms with van der Waals surface area (Å²) in [6.07, 6.45) is 6.75. The predicted octanol–water partition coefficient (Wildman–Crippen LogP) is 5.85. The Morgan fingerprint density at radius 3 is 2.39 bits per heavy atom. The molecule has 0 radical (unpaired) electrons. The Bertz CT molecular complexity index is 1010. The molecule has 2 aliphatic rings. The zero-order valence-corrected chi connectivity index (χ0v) is 19.3. The first-order valence-corrected chi connectivity index (χ1v) is 11.6. The molecular weight excluding hydrogens is 416 g/mol. The lowest BCUT2D eigenvalue weighted by Gasteiger charge is -2.38. The molecule has 33 heavy (non-hydrogen) atoms. The summed E-state index contributed by atoms with van der Waals surface area (Å²) in [5.41, 5.74) is 1.75. The number of rotatable bonds is 6. The van der Waals surface area contributed by atoms with Crippen LogP contribution in [0, 0.1) is 0 Å². The number of carbonyl (C=O) groups excluding carboxylic acids is 2. The second-order valence-electron chi connectivity index (χ2n) is 9.17. The van der Waals surface area contributed by atoms with Crippen molar-refractivity contribution < 1.29 is 14.8 Å². The first kappa shape index (κ1) is 22.9. The van der Waals surface area contributed by atoms with Gasteiger partial charge < -0.3 is 10.2 Å². The molecule has 1 unspecified atom stereocenters. The van der Waals surface area contributed by atoms with Crippen LogP contribution in [0.15, 0.2) is 72.3 Å². The van der Waals surface area contributed by atoms with E-state index in [0.717, 1.165) is 19.3 Å². The third-order valence-electron chi connectivity index (χ3n) is 6.55. The monoisotopic (exact) mass is 448 g/mol. The van der Waals surface area contributed by atoms with Gasteiger partial charge in [0.1, 0.15) is 0 Å². The Kier molecular flexibility index (Phi) is 6.70. The lowest BCUT2D eigenvalue weighted by Crippen LogP contribution is -2.58. The molecule has 1 saturated heterocycles. The first-order valence-electron chi connectivity index (χ1n) is 11.6. The van der Waals surface area contributed by atoms with E-state index in [1.807, 2.05) is 50.2 Å². The zero-order chi connectivity index (χ0) is 23.4. The second-order valence-corrected chi connectivity index (χ2v) is 9.17. The Balaban J connectivity index is 1.62. The fraction of sp³-hybridized carbons (Fsp3) is 0.385. The van der Waals surface area contributed by atoms with Crippen molar-refractivity contribution in [1.29, 1.82) is 0 Å². The van der Waals surface area contributed by atoms with Crippen molar-refractivity contribution in [2.75, 3.05) is 16.8 Å². The summed E-state index contributed by atoms with van der Waals surface area (Å²) < 4.78 is 0. The third-order valence-corrected chi connectivity index (χ3v) is 6.55. The van der Waals surface area contributed by atoms with Gasteiger partial charge in [-0.05, 0) is 70.2 Å². The van der Waals surface area contributed by atoms with Gasteiger partial charge in [0, 0.05) is 17.9 Å². The van der Waals surface area contributed by atoms with E-state index in [0.29, 0.717) is 23.0 Å². The van der Waals surface area contributed by atoms with Gasteiger partial charge in [0.05, 0.1) is 5.54 Å². The molecule has 174 valence electrons. The van der Waals surface area contributed by atoms with Gasteiger partial charge >= 0.3 is 12.1 Å². The molecule has 7 heteroatoms. The van der Waals surface area contributed by atoms with Gasteiger partial charge in [-0.15, -0.1) is 0 Å². The molecule has 2 aromatic carbocycles. The van der Waals surface area contributed by atoms with Crippen molar-refractivity contribution in [2.24, 2.45) is 0 Å². The molecule has 1 aliphatic heterocycles. The molecule has 4 amide bonds. The lowest BCUT2D eigenvalue weighted by molar-refractivity contribution is -0.0947. The van der Waals surface area contributed by atoms with Crippen LogP contribution in [0.3, 0.4) is 0 Å². The number of hydroxylamine groups is 2. The van der Waals surface area contributed by atoms with Crippen LogP contribution >= 0.6 is 0 Å². The predicted molar refractivity (Wildman–Crippen MR) is 129 cm³/mol. The number of nitrogens with one attached hydrogen (secondary N) is 1. The van der Waals surface area contributed by atoms with Crippen LogP contribution in [0.25, 0.3) is 0 Å². The highest BCUT2D eigenvalue weighted by Crippen LogP contribution is 2.38. The molecule has 2 N–H and O–H groups in total. The minimum absolute atomic E-state index is 0.223. The van der Waals surface area contributed by atoms with Crippen molar-refractivity contribution in [3.8, 4) is 0 Å². The summed E-state index contributed by atoms with van der Waals surface area (Å²) in [4.78, 5) is 29.9. The molecule has 0 spiro atoms. The molecule has 1 atom stereocenters. The second kappa shape index (κ2) is 9.67. The summed E-state index contributed by atoms with van der Waals surface area (Å²) in [5.74, 6) is 0. The van der Waals surface area contributed by atoms with Gasteiger partial charge in [-0.1, -0.05) is 48.0 Å². The van der Waals surface area contributed by atoms with Crippen LogP contribution in [0.4, 0.5) is 21.0 Å². The van der Waals surface area contributed by atoms with Gasteiger partial charge in [0.25, 0.3) is 0 Å². The molecule has 1 fully saturated rings. The Morgan fingerprint density at radius 1 is 1.09 bits per heavy atom. The van der Waals surface area contributed by atoms with Crippen molar-refractivity contribution in [2.45, 2.75) is 57.7 Å². The number of allylic oxidation sites excluding steroid dienone is 1. The van der Waals surface area contributed by atoms with Crippen molar-refractivity contribution >= 4 is 23.4 Å². The zero-order valence-electron chi connectivity index (χ0n) is 19.3. The van der Waals surface area contributed by atoms with Crippen molar-refractivity contribution in [1.82, 2.24) is 9.96 Å². The lowest BCUT2D eigenvalue weighted by atomic mass is 9.95. The van der Waals surface area contributed by atoms with Gasteiger partial charge in [-0.2, -0.15) is 5.06 Å². The molecule has 0 aromatic heterocycles. The van der Waals surface area contributed by atoms with Gasteiger partial charge in [0.2, 0.25) is 0 Å². The molecule has 2 aromatic rings. The number of benzene rings is 2. The van der Waals surface area contributed by atoms with Crippen LogP contribution < -0.4 is 10.2 Å². The van der Waals surface area contributed by atoms with E-state index in [1.54, 1.807) is 29.2 Å². The molecule has 1 aliphatic carbocycles. The average Bonchev–Trinajstić information content (AvgIpc) is 3.03. The van der Waals surface area contributed by atoms with E-state index >= 15 is 0 Å². The first-order chi connectivity index (χ1) is 15.9. The quantitative estimate of drug-likeness (QED) is 0.331. The minimum Gasteiger partial charge on any atom is -0.315 e. The molecule has 0 saturated carbocycles. The van der Waals surface area contributed by atoms with E-state index in [-0.39, 0.29) is 6.03 Å². The Labute approximate surface area is 195 Å². The van der Waals surface area contributed by atoms with Gasteiger partial charge in [-0.25, -0.2) is 9.59 Å². The highest BCUT2D eigenvalue weighted by Gasteiger charge is 2.55. The van der Waals surface area contributed by atoms with Gasteiger partial charge in [0.15, 0.2) is 6.17 Å². The number of hydrogen-bond acceptors (Lipinski definition) is 3. The number of urea groups is 2. The average molecular weight is 449 g/mol. The molecule has 1 heterocycles. The van der Waals surface area contributed by atoms with Crippen LogP contribution in [-0.2, 0) is 0 Å². The standard InChI is InChI=1S/C26H32N4O3/c1-26(2)23(30(33)24(31)27-21-14-8-4-9-15-21)29(22-16-10-5-11-17-22)25(32)28(26)19-18-20-12-6-3-7-13-20/h4-5,8-12,14-17,23,33H,3,6-7,13,18-19H2,1-2H3,(H,27,31). The van der Waals surface area contributed by atoms with Gasteiger partial charge in [-0.3, -0.25) is 10.1 Å². The number of carbonyl (C=O) groups is 2. The van der Waals surface area contributed by atoms with E-state index in [2.05, 4.69) is 11.4 Å². The number of hydrogen-bond donors (Lipinski definition) is 2. The molecule has 0 bridgehead atoms. The Morgan fingerprint density at radius 2 is 1.76 bits per heavy atom. The fourth-order valence-electron chi connectivity index (χ4n) is 4.77. The summed E-state index contributed by atoms with van der Waals surface area (Å²) in [7, 11) is 0. The summed E-state index contributed by atoms with van der Waals surface area (Å²) in [6, 6.07) is 17.2. The number of para-hydroxylation sites is 2. The number of anilines is 2. The molecular formula is C26H32N4O3. The molecule has 7 nitrogen and oxygen atoms in total. The SMILES string of the molecule is CC1(C)C(N(O)C(=O)Nc2ccccc2)N(c2ccccc2)C(=O)N1CCC1=CCCCC1. The fourth-order valence-corrected chi connectivity index (χ4v) is 4.77. The normalized spacial score (nSPS) is 19.9. The number of amides is 4. The van der Waals surface area contributed by atoms with E-state index in [4.69, 9.17) is 0 Å². The maximum Gasteiger partial charge on any atom is 0.347 e. The largest absolute Gasteiger partial charge is 0.347 e. The van der Waals surface area contributed by atoms with Crippen LogP contribution in [0.2, 0.25) is 0 Å². The summed E-state index contributed by atoms with van der Waals surface area (Å²) in [5, 5.41) is 14.5. The number of nitrogens with zero attached hydrogens (tertiary/aromatic N) is 3. The minimum atomic E-state index is -0.906. The van der Waals surface area contributed by atoms with Crippen molar-refractivity contribution in [3.63, 3.8) is 0 Å². The van der Waals surface area contributed by atoms with Crippen LogP contribution in [0.1, 0.15) is 46.0 Å². The van der Waals surface area contributed by atoms with Crippen LogP contribution in [0.5, 0.6) is 0 Å². The molecule has 4 rings (SSSR count). The van der Waals surface area contributed by atoms with E-state index in [9.17, 15) is 14.8 Å². The topological polar surface area (TPSA) is 76.1 Å². The maximum absolute atomic E-state index is 13.7. The smallest absolute Gasteiger partial charge is 0.315 e. The third kappa shape index (κ3) is 4.73. The maximum atomic E-state index is 13.7. The Hall–Kier alpha value is -3.32. The summed E-state index contributed by atoms with van der Waals surface area (Å²) >= 11 is 0. The highest BCUT2D eigenvalue weighted by atomic mass is 16.5. The van der Waals surface area contributed by atoms with E-state index in [1.165, 1.54) is 23.3 Å². The highest BCUT2D eigenvalue weighted by molar-refractivity contribution is 5.98. The van der Waals surface area contributed by atoms with Crippen LogP contribution in [-0.4, -0.2) is 45.5 Å². The summed E-state index contributed by atoms with van der Waals surface area (Å²) in [6.45, 7) is 4.32. The van der Waals surface area contributed by atoms with E-state index < -0.39 is 17.7 Å².